The topological polar surface area (TPSA) is 54.3 Å². The van der Waals surface area contributed by atoms with E-state index in [0.717, 1.165) is 25.1 Å². The lowest BCUT2D eigenvalue weighted by Gasteiger charge is -2.40. The normalized spacial score (nSPS) is 19.1. The van der Waals surface area contributed by atoms with Crippen LogP contribution in [-0.4, -0.2) is 56.4 Å². The van der Waals surface area contributed by atoms with Gasteiger partial charge in [-0.2, -0.15) is 0 Å². The van der Waals surface area contributed by atoms with Crippen molar-refractivity contribution >= 4 is 5.91 Å². The Bertz CT molecular complexity index is 701. The number of hydrogen-bond donors (Lipinski definition) is 0. The third kappa shape index (κ3) is 2.96. The van der Waals surface area contributed by atoms with Crippen LogP contribution in [0.1, 0.15) is 29.1 Å². The van der Waals surface area contributed by atoms with E-state index in [1.165, 1.54) is 12.3 Å². The molecule has 2 aromatic rings. The van der Waals surface area contributed by atoms with Crippen LogP contribution in [-0.2, 0) is 7.05 Å². The molecule has 7 heteroatoms. The summed E-state index contributed by atoms with van der Waals surface area (Å²) in [6.45, 7) is 4.79. The first-order valence-corrected chi connectivity index (χ1v) is 7.72. The van der Waals surface area contributed by atoms with Gasteiger partial charge >= 0.3 is 0 Å². The Labute approximate surface area is 134 Å². The second-order valence-electron chi connectivity index (χ2n) is 5.65. The van der Waals surface area contributed by atoms with E-state index in [2.05, 4.69) is 21.8 Å². The number of halogens is 1. The third-order valence-corrected chi connectivity index (χ3v) is 4.34. The molecule has 0 bridgehead atoms. The number of nitrogens with zero attached hydrogens (tertiary/aromatic N) is 5. The molecule has 3 heterocycles. The molecule has 0 saturated carbocycles. The summed E-state index contributed by atoms with van der Waals surface area (Å²) in [6.07, 6.45) is 6.17. The van der Waals surface area contributed by atoms with E-state index in [1.54, 1.807) is 11.1 Å². The molecule has 0 radical (unpaired) electrons. The number of hydrogen-bond acceptors (Lipinski definition) is 4. The molecular weight excluding hydrogens is 297 g/mol. The summed E-state index contributed by atoms with van der Waals surface area (Å²) in [5.74, 6) is 0.0448. The first-order chi connectivity index (χ1) is 11.1. The van der Waals surface area contributed by atoms with Crippen molar-refractivity contribution in [1.29, 1.82) is 0 Å². The molecule has 1 amide bonds. The number of aromatic nitrogens is 3. The lowest BCUT2D eigenvalue weighted by atomic mass is 10.1. The number of carbonyl (C=O) groups is 1. The van der Waals surface area contributed by atoms with Crippen molar-refractivity contribution in [1.82, 2.24) is 24.3 Å². The number of amides is 1. The highest BCUT2D eigenvalue weighted by atomic mass is 19.1. The van der Waals surface area contributed by atoms with Crippen molar-refractivity contribution in [3.8, 4) is 0 Å². The van der Waals surface area contributed by atoms with Gasteiger partial charge in [0.2, 0.25) is 0 Å². The van der Waals surface area contributed by atoms with Gasteiger partial charge in [0, 0.05) is 45.3 Å². The Morgan fingerprint density at radius 3 is 2.87 bits per heavy atom. The lowest BCUT2D eigenvalue weighted by molar-refractivity contribution is 0.0468. The third-order valence-electron chi connectivity index (χ3n) is 4.34. The molecule has 0 aromatic carbocycles. The zero-order valence-corrected chi connectivity index (χ0v) is 13.3. The molecule has 1 fully saturated rings. The molecule has 23 heavy (non-hydrogen) atoms. The van der Waals surface area contributed by atoms with E-state index in [0.29, 0.717) is 13.1 Å². The number of imidazole rings is 1. The van der Waals surface area contributed by atoms with E-state index in [1.807, 2.05) is 17.8 Å². The van der Waals surface area contributed by atoms with E-state index in [9.17, 15) is 9.18 Å². The fraction of sp³-hybridized carbons (Fsp3) is 0.438. The number of carbonyl (C=O) groups excluding carboxylic acids is 1. The Morgan fingerprint density at radius 1 is 1.39 bits per heavy atom. The van der Waals surface area contributed by atoms with Gasteiger partial charge in [0.1, 0.15) is 5.82 Å². The summed E-state index contributed by atoms with van der Waals surface area (Å²) in [5.41, 5.74) is 0.0727. The van der Waals surface area contributed by atoms with Gasteiger partial charge in [0.25, 0.3) is 5.91 Å². The fourth-order valence-corrected chi connectivity index (χ4v) is 3.05. The minimum absolute atomic E-state index is 0.0163. The standard InChI is InChI=1S/C16H20FN5O/c1-3-21-8-9-22(11-14(21)15-19-6-7-20(15)2)16(23)12-4-5-18-10-13(12)17/h4-7,10,14H,3,8-9,11H2,1-2H3/t14-/m1/s1. The first kappa shape index (κ1) is 15.6. The van der Waals surface area contributed by atoms with Crippen molar-refractivity contribution in [3.63, 3.8) is 0 Å². The van der Waals surface area contributed by atoms with Crippen molar-refractivity contribution < 1.29 is 9.18 Å². The second-order valence-corrected chi connectivity index (χ2v) is 5.65. The molecule has 1 aliphatic heterocycles. The highest BCUT2D eigenvalue weighted by Gasteiger charge is 2.32. The molecular formula is C16H20FN5O. The van der Waals surface area contributed by atoms with Gasteiger partial charge in [0.15, 0.2) is 5.82 Å². The Hall–Kier alpha value is -2.28. The molecule has 3 rings (SSSR count). The SMILES string of the molecule is CCN1CCN(C(=O)c2ccncc2F)C[C@@H]1c1nccn1C. The van der Waals surface area contributed by atoms with Crippen LogP contribution < -0.4 is 0 Å². The lowest BCUT2D eigenvalue weighted by Crippen LogP contribution is -2.51. The predicted octanol–water partition coefficient (Wildman–Crippen LogP) is 1.47. The van der Waals surface area contributed by atoms with Crippen molar-refractivity contribution in [2.24, 2.45) is 7.05 Å². The quantitative estimate of drug-likeness (QED) is 0.860. The minimum atomic E-state index is -0.580. The Morgan fingerprint density at radius 2 is 2.22 bits per heavy atom. The number of pyridine rings is 1. The second kappa shape index (κ2) is 6.45. The summed E-state index contributed by atoms with van der Waals surface area (Å²) < 4.78 is 15.8. The number of rotatable bonds is 3. The molecule has 0 N–H and O–H groups in total. The van der Waals surface area contributed by atoms with E-state index in [4.69, 9.17) is 0 Å². The number of piperazine rings is 1. The van der Waals surface area contributed by atoms with Gasteiger partial charge in [-0.15, -0.1) is 0 Å². The molecule has 2 aromatic heterocycles. The maximum Gasteiger partial charge on any atom is 0.257 e. The van der Waals surface area contributed by atoms with Gasteiger partial charge in [-0.25, -0.2) is 9.37 Å². The van der Waals surface area contributed by atoms with Gasteiger partial charge in [0.05, 0.1) is 17.8 Å². The monoisotopic (exact) mass is 317 g/mol. The maximum atomic E-state index is 13.8. The average Bonchev–Trinajstić information content (AvgIpc) is 3.00. The highest BCUT2D eigenvalue weighted by molar-refractivity contribution is 5.94. The van der Waals surface area contributed by atoms with Gasteiger partial charge < -0.3 is 9.47 Å². The summed E-state index contributed by atoms with van der Waals surface area (Å²) >= 11 is 0. The van der Waals surface area contributed by atoms with E-state index in [-0.39, 0.29) is 17.5 Å². The van der Waals surface area contributed by atoms with Crippen LogP contribution in [0.2, 0.25) is 0 Å². The van der Waals surface area contributed by atoms with Crippen LogP contribution in [0.15, 0.2) is 30.9 Å². The van der Waals surface area contributed by atoms with Gasteiger partial charge in [-0.1, -0.05) is 6.92 Å². The van der Waals surface area contributed by atoms with Crippen LogP contribution in [0.25, 0.3) is 0 Å². The molecule has 0 aliphatic carbocycles. The Kier molecular flexibility index (Phi) is 4.38. The molecule has 1 atom stereocenters. The van der Waals surface area contributed by atoms with Crippen LogP contribution in [0, 0.1) is 5.82 Å². The number of aryl methyl sites for hydroxylation is 1. The summed E-state index contributed by atoms with van der Waals surface area (Å²) in [7, 11) is 1.94. The van der Waals surface area contributed by atoms with Crippen molar-refractivity contribution in [3.05, 3.63) is 48.1 Å². The zero-order chi connectivity index (χ0) is 16.4. The Balaban J connectivity index is 1.84. The molecule has 0 spiro atoms. The molecule has 1 saturated heterocycles. The molecule has 6 nitrogen and oxygen atoms in total. The van der Waals surface area contributed by atoms with Crippen LogP contribution in [0.4, 0.5) is 4.39 Å². The van der Waals surface area contributed by atoms with Gasteiger partial charge in [-0.05, 0) is 12.6 Å². The van der Waals surface area contributed by atoms with Crippen molar-refractivity contribution in [2.75, 3.05) is 26.2 Å². The van der Waals surface area contributed by atoms with E-state index < -0.39 is 5.82 Å². The summed E-state index contributed by atoms with van der Waals surface area (Å²) in [6, 6.07) is 1.45. The smallest absolute Gasteiger partial charge is 0.257 e. The molecule has 1 aliphatic rings. The maximum absolute atomic E-state index is 13.8. The first-order valence-electron chi connectivity index (χ1n) is 7.72. The minimum Gasteiger partial charge on any atom is -0.337 e. The average molecular weight is 317 g/mol. The summed E-state index contributed by atoms with van der Waals surface area (Å²) in [5, 5.41) is 0. The van der Waals surface area contributed by atoms with Crippen LogP contribution in [0.3, 0.4) is 0 Å². The molecule has 122 valence electrons. The number of likely N-dealkylation sites (N-methyl/N-ethyl adjacent to an activating group) is 1. The summed E-state index contributed by atoms with van der Waals surface area (Å²) in [4.78, 5) is 24.7. The van der Waals surface area contributed by atoms with E-state index >= 15 is 0 Å². The largest absolute Gasteiger partial charge is 0.337 e. The zero-order valence-electron chi connectivity index (χ0n) is 13.3. The van der Waals surface area contributed by atoms with Crippen molar-refractivity contribution in [2.45, 2.75) is 13.0 Å². The van der Waals surface area contributed by atoms with Crippen LogP contribution in [0.5, 0.6) is 0 Å². The predicted molar refractivity (Wildman–Crippen MR) is 83.3 cm³/mol. The highest BCUT2D eigenvalue weighted by Crippen LogP contribution is 2.25. The van der Waals surface area contributed by atoms with Gasteiger partial charge in [-0.3, -0.25) is 14.7 Å². The fourth-order valence-electron chi connectivity index (χ4n) is 3.05. The van der Waals surface area contributed by atoms with Crippen LogP contribution >= 0.6 is 0 Å². The molecule has 0 unspecified atom stereocenters.